The van der Waals surface area contributed by atoms with Crippen LogP contribution in [0.1, 0.15) is 75.0 Å². The number of carbonyl (C=O) groups is 2. The van der Waals surface area contributed by atoms with E-state index in [2.05, 4.69) is 49.2 Å². The van der Waals surface area contributed by atoms with Crippen LogP contribution in [0.3, 0.4) is 0 Å². The van der Waals surface area contributed by atoms with Crippen LogP contribution in [0.25, 0.3) is 0 Å². The van der Waals surface area contributed by atoms with Crippen molar-refractivity contribution in [3.8, 4) is 0 Å². The van der Waals surface area contributed by atoms with Gasteiger partial charge in [0, 0.05) is 35.0 Å². The SMILES string of the molecule is O=C(NC(CCN1CCC2(CC1)CCN(Cc1ccc(Br)cc1)C2=O)c1cccc(Cl)c1)C1CCCCC1. The van der Waals surface area contributed by atoms with Crippen molar-refractivity contribution in [3.05, 3.63) is 69.2 Å². The van der Waals surface area contributed by atoms with Gasteiger partial charge in [0.2, 0.25) is 11.8 Å². The van der Waals surface area contributed by atoms with Gasteiger partial charge in [0.25, 0.3) is 0 Å². The van der Waals surface area contributed by atoms with Gasteiger partial charge in [-0.15, -0.1) is 0 Å². The molecule has 7 heteroatoms. The van der Waals surface area contributed by atoms with Gasteiger partial charge in [0.05, 0.1) is 11.5 Å². The molecule has 3 aliphatic rings. The van der Waals surface area contributed by atoms with Crippen LogP contribution in [0.15, 0.2) is 53.0 Å². The average Bonchev–Trinajstić information content (AvgIpc) is 3.23. The molecule has 2 saturated heterocycles. The van der Waals surface area contributed by atoms with Crippen LogP contribution in [0.5, 0.6) is 0 Å². The van der Waals surface area contributed by atoms with Gasteiger partial charge < -0.3 is 15.1 Å². The zero-order valence-corrected chi connectivity index (χ0v) is 24.5. The first-order valence-electron chi connectivity index (χ1n) is 14.2. The number of hydrogen-bond acceptors (Lipinski definition) is 3. The number of rotatable bonds is 8. The maximum absolute atomic E-state index is 13.5. The Kier molecular flexibility index (Phi) is 9.12. The first-order chi connectivity index (χ1) is 18.4. The monoisotopic (exact) mass is 599 g/mol. The summed E-state index contributed by atoms with van der Waals surface area (Å²) in [6, 6.07) is 16.1. The van der Waals surface area contributed by atoms with Crippen LogP contribution in [0.2, 0.25) is 5.02 Å². The van der Waals surface area contributed by atoms with E-state index in [-0.39, 0.29) is 23.3 Å². The number of amides is 2. The quantitative estimate of drug-likeness (QED) is 0.365. The van der Waals surface area contributed by atoms with Gasteiger partial charge in [-0.25, -0.2) is 0 Å². The molecule has 2 heterocycles. The van der Waals surface area contributed by atoms with E-state index in [4.69, 9.17) is 11.6 Å². The summed E-state index contributed by atoms with van der Waals surface area (Å²) in [5, 5.41) is 4.07. The highest BCUT2D eigenvalue weighted by molar-refractivity contribution is 9.10. The summed E-state index contributed by atoms with van der Waals surface area (Å²) >= 11 is 9.80. The molecule has 1 atom stereocenters. The number of carbonyl (C=O) groups excluding carboxylic acids is 2. The lowest BCUT2D eigenvalue weighted by atomic mass is 9.77. The highest BCUT2D eigenvalue weighted by atomic mass is 79.9. The molecule has 0 bridgehead atoms. The van der Waals surface area contributed by atoms with E-state index >= 15 is 0 Å². The van der Waals surface area contributed by atoms with Crippen LogP contribution in [0.4, 0.5) is 0 Å². The topological polar surface area (TPSA) is 52.7 Å². The van der Waals surface area contributed by atoms with E-state index in [0.29, 0.717) is 17.5 Å². The molecule has 3 fully saturated rings. The van der Waals surface area contributed by atoms with Gasteiger partial charge in [0.1, 0.15) is 0 Å². The van der Waals surface area contributed by atoms with Crippen molar-refractivity contribution in [1.29, 1.82) is 0 Å². The number of nitrogens with zero attached hydrogens (tertiary/aromatic N) is 2. The zero-order chi connectivity index (χ0) is 26.5. The molecule has 1 spiro atoms. The molecule has 2 aromatic rings. The second-order valence-electron chi connectivity index (χ2n) is 11.5. The number of nitrogens with one attached hydrogen (secondary N) is 1. The van der Waals surface area contributed by atoms with Crippen molar-refractivity contribution in [1.82, 2.24) is 15.1 Å². The minimum absolute atomic E-state index is 0.0477. The normalized spacial score (nSPS) is 21.1. The molecule has 1 aliphatic carbocycles. The Labute approximate surface area is 240 Å². The van der Waals surface area contributed by atoms with Gasteiger partial charge in [-0.2, -0.15) is 0 Å². The number of halogens is 2. The Morgan fingerprint density at radius 2 is 1.74 bits per heavy atom. The third kappa shape index (κ3) is 6.63. The highest BCUT2D eigenvalue weighted by Crippen LogP contribution is 2.42. The second kappa shape index (κ2) is 12.5. The lowest BCUT2D eigenvalue weighted by molar-refractivity contribution is -0.139. The maximum atomic E-state index is 13.5. The predicted molar refractivity (Wildman–Crippen MR) is 156 cm³/mol. The van der Waals surface area contributed by atoms with Gasteiger partial charge in [-0.05, 0) is 87.0 Å². The summed E-state index contributed by atoms with van der Waals surface area (Å²) in [4.78, 5) is 31.1. The molecule has 2 amide bonds. The minimum atomic E-state index is -0.201. The molecule has 5 nitrogen and oxygen atoms in total. The van der Waals surface area contributed by atoms with Crippen molar-refractivity contribution in [3.63, 3.8) is 0 Å². The fourth-order valence-electron chi connectivity index (χ4n) is 6.53. The standard InChI is InChI=1S/C31H39BrClN3O2/c32-26-11-9-23(10-12-26)22-36-20-16-31(30(36)38)14-18-35(19-15-31)17-13-28(25-7-4-8-27(33)21-25)34-29(37)24-5-2-1-3-6-24/h4,7-12,21,24,28H,1-3,5-6,13-20,22H2,(H,34,37). The van der Waals surface area contributed by atoms with Crippen LogP contribution >= 0.6 is 27.5 Å². The third-order valence-electron chi connectivity index (χ3n) is 8.98. The molecular formula is C31H39BrClN3O2. The van der Waals surface area contributed by atoms with Crippen LogP contribution in [-0.4, -0.2) is 47.8 Å². The van der Waals surface area contributed by atoms with Crippen LogP contribution < -0.4 is 5.32 Å². The van der Waals surface area contributed by atoms with Crippen molar-refractivity contribution in [2.24, 2.45) is 11.3 Å². The summed E-state index contributed by atoms with van der Waals surface area (Å²) in [7, 11) is 0. The summed E-state index contributed by atoms with van der Waals surface area (Å²) < 4.78 is 1.06. The van der Waals surface area contributed by atoms with Crippen molar-refractivity contribution < 1.29 is 9.59 Å². The van der Waals surface area contributed by atoms with Gasteiger partial charge in [-0.3, -0.25) is 9.59 Å². The van der Waals surface area contributed by atoms with Crippen molar-refractivity contribution >= 4 is 39.3 Å². The highest BCUT2D eigenvalue weighted by Gasteiger charge is 2.47. The Balaban J connectivity index is 1.16. The molecule has 38 heavy (non-hydrogen) atoms. The molecule has 1 N–H and O–H groups in total. The minimum Gasteiger partial charge on any atom is -0.349 e. The lowest BCUT2D eigenvalue weighted by Crippen LogP contribution is -2.45. The average molecular weight is 601 g/mol. The van der Waals surface area contributed by atoms with Crippen LogP contribution in [-0.2, 0) is 16.1 Å². The van der Waals surface area contributed by atoms with E-state index in [1.54, 1.807) is 0 Å². The zero-order valence-electron chi connectivity index (χ0n) is 22.1. The first-order valence-corrected chi connectivity index (χ1v) is 15.4. The van der Waals surface area contributed by atoms with E-state index in [9.17, 15) is 9.59 Å². The van der Waals surface area contributed by atoms with E-state index in [1.807, 2.05) is 30.3 Å². The fraction of sp³-hybridized carbons (Fsp3) is 0.548. The summed E-state index contributed by atoms with van der Waals surface area (Å²) in [6.07, 6.45) is 9.16. The van der Waals surface area contributed by atoms with Gasteiger partial charge in [0.15, 0.2) is 0 Å². The van der Waals surface area contributed by atoms with Crippen molar-refractivity contribution in [2.75, 3.05) is 26.2 Å². The van der Waals surface area contributed by atoms with E-state index in [1.165, 1.54) is 12.0 Å². The Bertz CT molecular complexity index is 1110. The smallest absolute Gasteiger partial charge is 0.229 e. The molecule has 2 aromatic carbocycles. The predicted octanol–water partition coefficient (Wildman–Crippen LogP) is 6.74. The lowest BCUT2D eigenvalue weighted by Gasteiger charge is -2.38. The molecule has 1 unspecified atom stereocenters. The maximum Gasteiger partial charge on any atom is 0.229 e. The third-order valence-corrected chi connectivity index (χ3v) is 9.74. The summed E-state index contributed by atoms with van der Waals surface area (Å²) in [5.74, 6) is 0.653. The second-order valence-corrected chi connectivity index (χ2v) is 12.8. The molecule has 2 aliphatic heterocycles. The number of piperidine rings is 1. The molecule has 204 valence electrons. The van der Waals surface area contributed by atoms with Gasteiger partial charge >= 0.3 is 0 Å². The summed E-state index contributed by atoms with van der Waals surface area (Å²) in [5.41, 5.74) is 2.05. The fourth-order valence-corrected chi connectivity index (χ4v) is 7.00. The van der Waals surface area contributed by atoms with Crippen molar-refractivity contribution in [2.45, 2.75) is 70.4 Å². The molecule has 1 saturated carbocycles. The van der Waals surface area contributed by atoms with Crippen LogP contribution in [0, 0.1) is 11.3 Å². The number of hydrogen-bond donors (Lipinski definition) is 1. The number of likely N-dealkylation sites (tertiary alicyclic amines) is 2. The molecule has 0 aromatic heterocycles. The number of benzene rings is 2. The largest absolute Gasteiger partial charge is 0.349 e. The van der Waals surface area contributed by atoms with E-state index < -0.39 is 0 Å². The molecule has 0 radical (unpaired) electrons. The van der Waals surface area contributed by atoms with E-state index in [0.717, 1.165) is 87.6 Å². The molecular weight excluding hydrogens is 562 g/mol. The van der Waals surface area contributed by atoms with Gasteiger partial charge in [-0.1, -0.05) is 71.1 Å². The summed E-state index contributed by atoms with van der Waals surface area (Å²) in [6.45, 7) is 4.29. The Morgan fingerprint density at radius 1 is 1.03 bits per heavy atom. The Hall–Kier alpha value is -1.89. The Morgan fingerprint density at radius 3 is 2.45 bits per heavy atom. The molecule has 5 rings (SSSR count). The first kappa shape index (κ1) is 27.7.